The topological polar surface area (TPSA) is 61.4 Å². The van der Waals surface area contributed by atoms with Gasteiger partial charge in [-0.2, -0.15) is 11.8 Å². The van der Waals surface area contributed by atoms with E-state index in [-0.39, 0.29) is 11.8 Å². The highest BCUT2D eigenvalue weighted by Crippen LogP contribution is 2.30. The van der Waals surface area contributed by atoms with Gasteiger partial charge in [-0.1, -0.05) is 23.8 Å². The van der Waals surface area contributed by atoms with E-state index in [1.807, 2.05) is 43.5 Å². The first-order valence-electron chi connectivity index (χ1n) is 10.1. The Morgan fingerprint density at radius 2 is 2.03 bits per heavy atom. The van der Waals surface area contributed by atoms with Crippen molar-refractivity contribution in [2.75, 3.05) is 35.3 Å². The van der Waals surface area contributed by atoms with Crippen LogP contribution < -0.4 is 15.5 Å². The lowest BCUT2D eigenvalue weighted by Crippen LogP contribution is -2.44. The third kappa shape index (κ3) is 5.32. The summed E-state index contributed by atoms with van der Waals surface area (Å²) in [5.41, 5.74) is 4.86. The lowest BCUT2D eigenvalue weighted by molar-refractivity contribution is -0.118. The monoisotopic (exact) mass is 411 g/mol. The van der Waals surface area contributed by atoms with E-state index in [0.29, 0.717) is 12.0 Å². The molecule has 2 N–H and O–H groups in total. The first kappa shape index (κ1) is 21.2. The molecule has 1 aliphatic rings. The van der Waals surface area contributed by atoms with Crippen LogP contribution in [0.3, 0.4) is 0 Å². The van der Waals surface area contributed by atoms with Gasteiger partial charge >= 0.3 is 0 Å². The minimum Gasteiger partial charge on any atom is -0.371 e. The van der Waals surface area contributed by atoms with Crippen LogP contribution in [0.2, 0.25) is 0 Å². The number of fused-ring (bicyclic) bond motifs is 1. The highest BCUT2D eigenvalue weighted by molar-refractivity contribution is 7.98. The van der Waals surface area contributed by atoms with E-state index in [4.69, 9.17) is 0 Å². The Labute approximate surface area is 177 Å². The van der Waals surface area contributed by atoms with Crippen LogP contribution in [0.25, 0.3) is 0 Å². The molecule has 29 heavy (non-hydrogen) atoms. The Morgan fingerprint density at radius 1 is 1.21 bits per heavy atom. The van der Waals surface area contributed by atoms with Crippen LogP contribution >= 0.6 is 11.8 Å². The number of anilines is 2. The van der Waals surface area contributed by atoms with Crippen molar-refractivity contribution in [3.63, 3.8) is 0 Å². The number of hydrogen-bond donors (Lipinski definition) is 2. The maximum atomic E-state index is 13.0. The fourth-order valence-electron chi connectivity index (χ4n) is 3.61. The highest BCUT2D eigenvalue weighted by Gasteiger charge is 2.23. The maximum Gasteiger partial charge on any atom is 0.251 e. The van der Waals surface area contributed by atoms with Gasteiger partial charge in [0.15, 0.2) is 0 Å². The van der Waals surface area contributed by atoms with E-state index < -0.39 is 6.04 Å². The second kappa shape index (κ2) is 9.83. The van der Waals surface area contributed by atoms with Crippen molar-refractivity contribution in [2.24, 2.45) is 0 Å². The van der Waals surface area contributed by atoms with Gasteiger partial charge in [-0.25, -0.2) is 0 Å². The largest absolute Gasteiger partial charge is 0.371 e. The van der Waals surface area contributed by atoms with E-state index in [2.05, 4.69) is 28.5 Å². The Bertz CT molecular complexity index is 884. The molecule has 0 aliphatic carbocycles. The number of amides is 2. The molecule has 0 radical (unpaired) electrons. The number of rotatable bonds is 8. The molecule has 0 spiro atoms. The normalized spacial score (nSPS) is 13.7. The summed E-state index contributed by atoms with van der Waals surface area (Å²) >= 11 is 1.66. The number of benzene rings is 2. The quantitative estimate of drug-likeness (QED) is 0.692. The molecule has 0 fully saturated rings. The molecular weight excluding hydrogens is 382 g/mol. The predicted molar refractivity (Wildman–Crippen MR) is 122 cm³/mol. The molecule has 1 atom stereocenters. The van der Waals surface area contributed by atoms with E-state index in [9.17, 15) is 9.59 Å². The summed E-state index contributed by atoms with van der Waals surface area (Å²) in [6, 6.07) is 12.9. The van der Waals surface area contributed by atoms with Crippen LogP contribution in [-0.2, 0) is 11.2 Å². The fraction of sp³-hybridized carbons (Fsp3) is 0.391. The second-order valence-corrected chi connectivity index (χ2v) is 8.33. The zero-order chi connectivity index (χ0) is 20.8. The van der Waals surface area contributed by atoms with Crippen molar-refractivity contribution in [1.82, 2.24) is 5.32 Å². The first-order valence-corrected chi connectivity index (χ1v) is 11.5. The van der Waals surface area contributed by atoms with Crippen LogP contribution in [0.5, 0.6) is 0 Å². The number of nitrogens with one attached hydrogen (secondary N) is 2. The van der Waals surface area contributed by atoms with Crippen molar-refractivity contribution >= 4 is 35.0 Å². The van der Waals surface area contributed by atoms with Gasteiger partial charge in [0, 0.05) is 30.0 Å². The average molecular weight is 412 g/mol. The molecule has 5 nitrogen and oxygen atoms in total. The predicted octanol–water partition coefficient (Wildman–Crippen LogP) is 3.87. The molecule has 0 saturated heterocycles. The Hall–Kier alpha value is -2.47. The van der Waals surface area contributed by atoms with Crippen LogP contribution in [0.15, 0.2) is 42.5 Å². The van der Waals surface area contributed by atoms with Crippen LogP contribution in [0, 0.1) is 6.92 Å². The van der Waals surface area contributed by atoms with Gasteiger partial charge in [0.1, 0.15) is 6.04 Å². The number of carbonyl (C=O) groups is 2. The summed E-state index contributed by atoms with van der Waals surface area (Å²) in [5.74, 6) is 0.391. The molecule has 6 heteroatoms. The summed E-state index contributed by atoms with van der Waals surface area (Å²) in [6.45, 7) is 6.06. The minimum atomic E-state index is -0.578. The van der Waals surface area contributed by atoms with E-state index in [1.54, 1.807) is 17.8 Å². The molecule has 3 rings (SSSR count). The molecule has 2 amide bonds. The van der Waals surface area contributed by atoms with Crippen LogP contribution in [0.4, 0.5) is 11.4 Å². The van der Waals surface area contributed by atoms with Gasteiger partial charge in [0.2, 0.25) is 5.91 Å². The van der Waals surface area contributed by atoms with Gasteiger partial charge in [0.05, 0.1) is 0 Å². The average Bonchev–Trinajstić information content (AvgIpc) is 3.13. The van der Waals surface area contributed by atoms with Crippen LogP contribution in [-0.4, -0.2) is 43.0 Å². The summed E-state index contributed by atoms with van der Waals surface area (Å²) in [5, 5.41) is 5.92. The smallest absolute Gasteiger partial charge is 0.251 e. The van der Waals surface area contributed by atoms with E-state index >= 15 is 0 Å². The van der Waals surface area contributed by atoms with Crippen molar-refractivity contribution in [3.8, 4) is 0 Å². The molecule has 0 saturated carbocycles. The Balaban J connectivity index is 1.71. The molecule has 0 bridgehead atoms. The van der Waals surface area contributed by atoms with Gasteiger partial charge in [0.25, 0.3) is 5.91 Å². The van der Waals surface area contributed by atoms with E-state index in [1.165, 1.54) is 11.3 Å². The lowest BCUT2D eigenvalue weighted by Gasteiger charge is -2.20. The summed E-state index contributed by atoms with van der Waals surface area (Å²) < 4.78 is 0. The van der Waals surface area contributed by atoms with Gasteiger partial charge in [-0.05, 0) is 68.5 Å². The molecular formula is C23H29N3O2S. The number of nitrogens with zero attached hydrogens (tertiary/aromatic N) is 1. The number of likely N-dealkylation sites (N-methyl/N-ethyl adjacent to an activating group) is 1. The molecule has 1 aliphatic heterocycles. The number of hydrogen-bond acceptors (Lipinski definition) is 4. The second-order valence-electron chi connectivity index (χ2n) is 7.34. The van der Waals surface area contributed by atoms with Crippen molar-refractivity contribution in [1.29, 1.82) is 0 Å². The zero-order valence-electron chi connectivity index (χ0n) is 17.3. The highest BCUT2D eigenvalue weighted by atomic mass is 32.2. The Morgan fingerprint density at radius 3 is 2.76 bits per heavy atom. The molecule has 1 unspecified atom stereocenters. The maximum absolute atomic E-state index is 13.0. The van der Waals surface area contributed by atoms with Crippen molar-refractivity contribution < 1.29 is 9.59 Å². The standard InChI is InChI=1S/C23H29N3O2S/c1-4-26-12-10-17-8-9-19(15-21(17)26)24-23(28)20(11-13-29-3)25-22(27)18-7-5-6-16(2)14-18/h5-9,14-15,20H,4,10-13H2,1-3H3,(H,24,28)(H,25,27). The number of thioether (sulfide) groups is 1. The van der Waals surface area contributed by atoms with Gasteiger partial charge in [-0.3, -0.25) is 9.59 Å². The summed E-state index contributed by atoms with van der Waals surface area (Å²) in [7, 11) is 0. The molecule has 0 aromatic heterocycles. The number of carbonyl (C=O) groups excluding carboxylic acids is 2. The van der Waals surface area contributed by atoms with Gasteiger partial charge < -0.3 is 15.5 Å². The summed E-state index contributed by atoms with van der Waals surface area (Å²) in [6.07, 6.45) is 3.62. The first-order chi connectivity index (χ1) is 14.0. The number of aryl methyl sites for hydroxylation is 1. The zero-order valence-corrected chi connectivity index (χ0v) is 18.1. The lowest BCUT2D eigenvalue weighted by atomic mass is 10.1. The van der Waals surface area contributed by atoms with Crippen molar-refractivity contribution in [3.05, 3.63) is 59.2 Å². The van der Waals surface area contributed by atoms with E-state index in [0.717, 1.165) is 36.5 Å². The SMILES string of the molecule is CCN1CCc2ccc(NC(=O)C(CCSC)NC(=O)c3cccc(C)c3)cc21. The third-order valence-corrected chi connectivity index (χ3v) is 5.88. The fourth-order valence-corrected chi connectivity index (χ4v) is 4.08. The van der Waals surface area contributed by atoms with Gasteiger partial charge in [-0.15, -0.1) is 0 Å². The third-order valence-electron chi connectivity index (χ3n) is 5.24. The van der Waals surface area contributed by atoms with Crippen LogP contribution in [0.1, 0.15) is 34.8 Å². The molecule has 2 aromatic rings. The molecule has 154 valence electrons. The van der Waals surface area contributed by atoms with Crippen molar-refractivity contribution in [2.45, 2.75) is 32.7 Å². The molecule has 2 aromatic carbocycles. The Kier molecular flexibility index (Phi) is 7.20. The molecule has 1 heterocycles. The minimum absolute atomic E-state index is 0.180. The summed E-state index contributed by atoms with van der Waals surface area (Å²) in [4.78, 5) is 27.9.